The number of benzene rings is 2. The Hall–Kier alpha value is -2.24. The van der Waals surface area contributed by atoms with Crippen molar-refractivity contribution in [3.05, 3.63) is 53.1 Å². The van der Waals surface area contributed by atoms with Crippen LogP contribution in [0.25, 0.3) is 0 Å². The van der Waals surface area contributed by atoms with Crippen LogP contribution in [0.5, 0.6) is 5.75 Å². The molecular weight excluding hydrogens is 338 g/mol. The fourth-order valence-electron chi connectivity index (χ4n) is 2.89. The number of amides is 1. The summed E-state index contributed by atoms with van der Waals surface area (Å²) in [5.74, 6) is 0.467. The van der Waals surface area contributed by atoms with Gasteiger partial charge in [-0.25, -0.2) is 0 Å². The molecule has 1 aliphatic heterocycles. The molecule has 0 aromatic heterocycles. The molecule has 1 saturated heterocycles. The van der Waals surface area contributed by atoms with Crippen LogP contribution >= 0.6 is 11.6 Å². The minimum Gasteiger partial charge on any atom is -0.497 e. The van der Waals surface area contributed by atoms with Gasteiger partial charge in [-0.2, -0.15) is 0 Å². The summed E-state index contributed by atoms with van der Waals surface area (Å²) >= 11 is 6.16. The first-order valence-corrected chi connectivity index (χ1v) is 8.63. The summed E-state index contributed by atoms with van der Waals surface area (Å²) in [6, 6.07) is 12.7. The Kier molecular flexibility index (Phi) is 5.46. The Balaban J connectivity index is 1.83. The van der Waals surface area contributed by atoms with Gasteiger partial charge >= 0.3 is 0 Å². The summed E-state index contributed by atoms with van der Waals surface area (Å²) in [6.45, 7) is 3.82. The van der Waals surface area contributed by atoms with Gasteiger partial charge in [0.1, 0.15) is 5.75 Å². The first-order chi connectivity index (χ1) is 12.1. The van der Waals surface area contributed by atoms with Crippen molar-refractivity contribution in [3.8, 4) is 5.75 Å². The molecule has 0 bridgehead atoms. The number of likely N-dealkylation sites (N-methyl/N-ethyl adjacent to an activating group) is 1. The first kappa shape index (κ1) is 17.6. The Morgan fingerprint density at radius 1 is 1.12 bits per heavy atom. The Morgan fingerprint density at radius 3 is 2.60 bits per heavy atom. The van der Waals surface area contributed by atoms with Crippen molar-refractivity contribution in [3.63, 3.8) is 0 Å². The lowest BCUT2D eigenvalue weighted by atomic mass is 10.1. The highest BCUT2D eigenvalue weighted by atomic mass is 35.5. The van der Waals surface area contributed by atoms with E-state index in [0.717, 1.165) is 37.6 Å². The van der Waals surface area contributed by atoms with Crippen LogP contribution in [0.2, 0.25) is 5.02 Å². The smallest absolute Gasteiger partial charge is 0.255 e. The third-order valence-electron chi connectivity index (χ3n) is 4.38. The number of hydrogen-bond acceptors (Lipinski definition) is 4. The number of halogens is 1. The van der Waals surface area contributed by atoms with Crippen LogP contribution in [0.3, 0.4) is 0 Å². The van der Waals surface area contributed by atoms with E-state index in [-0.39, 0.29) is 5.91 Å². The van der Waals surface area contributed by atoms with Gasteiger partial charge in [-0.05, 0) is 43.4 Å². The summed E-state index contributed by atoms with van der Waals surface area (Å²) in [4.78, 5) is 17.2. The molecule has 2 aromatic rings. The molecule has 1 N–H and O–H groups in total. The zero-order chi connectivity index (χ0) is 17.8. The second-order valence-corrected chi connectivity index (χ2v) is 6.57. The number of carbonyl (C=O) groups excluding carboxylic acids is 1. The number of nitrogens with zero attached hydrogens (tertiary/aromatic N) is 2. The SMILES string of the molecule is COc1cccc(C(=O)Nc2cc(Cl)ccc2N2CCN(C)CC2)c1. The molecular formula is C19H22ClN3O2. The molecule has 25 heavy (non-hydrogen) atoms. The summed E-state index contributed by atoms with van der Waals surface area (Å²) in [5.41, 5.74) is 2.27. The maximum Gasteiger partial charge on any atom is 0.255 e. The van der Waals surface area contributed by atoms with Gasteiger partial charge < -0.3 is 19.9 Å². The van der Waals surface area contributed by atoms with Crippen molar-refractivity contribution in [1.82, 2.24) is 4.90 Å². The highest BCUT2D eigenvalue weighted by molar-refractivity contribution is 6.31. The van der Waals surface area contributed by atoms with Crippen molar-refractivity contribution < 1.29 is 9.53 Å². The molecule has 3 rings (SSSR count). The van der Waals surface area contributed by atoms with Crippen molar-refractivity contribution in [1.29, 1.82) is 0 Å². The maximum atomic E-state index is 12.6. The lowest BCUT2D eigenvalue weighted by Crippen LogP contribution is -2.44. The van der Waals surface area contributed by atoms with E-state index in [1.807, 2.05) is 18.2 Å². The van der Waals surface area contributed by atoms with E-state index in [9.17, 15) is 4.79 Å². The molecule has 0 saturated carbocycles. The Bertz CT molecular complexity index is 758. The van der Waals surface area contributed by atoms with E-state index in [4.69, 9.17) is 16.3 Å². The Labute approximate surface area is 153 Å². The zero-order valence-corrected chi connectivity index (χ0v) is 15.2. The zero-order valence-electron chi connectivity index (χ0n) is 14.5. The van der Waals surface area contributed by atoms with Gasteiger partial charge in [0.2, 0.25) is 0 Å². The van der Waals surface area contributed by atoms with E-state index in [2.05, 4.69) is 22.2 Å². The normalized spacial score (nSPS) is 15.1. The second-order valence-electron chi connectivity index (χ2n) is 6.14. The lowest BCUT2D eigenvalue weighted by molar-refractivity contribution is 0.102. The highest BCUT2D eigenvalue weighted by Crippen LogP contribution is 2.30. The quantitative estimate of drug-likeness (QED) is 0.909. The molecule has 0 atom stereocenters. The minimum absolute atomic E-state index is 0.184. The number of carbonyl (C=O) groups is 1. The van der Waals surface area contributed by atoms with Gasteiger partial charge in [0.05, 0.1) is 18.5 Å². The maximum absolute atomic E-state index is 12.6. The standard InChI is InChI=1S/C19H22ClN3O2/c1-22-8-10-23(11-9-22)18-7-6-15(20)13-17(18)21-19(24)14-4-3-5-16(12-14)25-2/h3-7,12-13H,8-11H2,1-2H3,(H,21,24). The number of methoxy groups -OCH3 is 1. The van der Waals surface area contributed by atoms with Gasteiger partial charge in [-0.1, -0.05) is 17.7 Å². The number of rotatable bonds is 4. The number of ether oxygens (including phenoxy) is 1. The molecule has 0 spiro atoms. The Morgan fingerprint density at radius 2 is 1.88 bits per heavy atom. The van der Waals surface area contributed by atoms with Gasteiger partial charge in [0, 0.05) is 36.8 Å². The third-order valence-corrected chi connectivity index (χ3v) is 4.62. The van der Waals surface area contributed by atoms with Crippen LogP contribution in [-0.2, 0) is 0 Å². The third kappa shape index (κ3) is 4.24. The highest BCUT2D eigenvalue weighted by Gasteiger charge is 2.19. The molecule has 132 valence electrons. The number of piperazine rings is 1. The van der Waals surface area contributed by atoms with Gasteiger partial charge in [-0.3, -0.25) is 4.79 Å². The second kappa shape index (κ2) is 7.76. The van der Waals surface area contributed by atoms with Crippen LogP contribution in [-0.4, -0.2) is 51.1 Å². The molecule has 6 heteroatoms. The predicted octanol–water partition coefficient (Wildman–Crippen LogP) is 3.35. The van der Waals surface area contributed by atoms with Gasteiger partial charge in [0.15, 0.2) is 0 Å². The first-order valence-electron chi connectivity index (χ1n) is 8.25. The largest absolute Gasteiger partial charge is 0.497 e. The number of nitrogens with one attached hydrogen (secondary N) is 1. The topological polar surface area (TPSA) is 44.8 Å². The van der Waals surface area contributed by atoms with Crippen LogP contribution < -0.4 is 15.0 Å². The lowest BCUT2D eigenvalue weighted by Gasteiger charge is -2.35. The number of hydrogen-bond donors (Lipinski definition) is 1. The molecule has 0 unspecified atom stereocenters. The van der Waals surface area contributed by atoms with Crippen LogP contribution in [0, 0.1) is 0 Å². The molecule has 1 heterocycles. The van der Waals surface area contributed by atoms with Crippen molar-refractivity contribution in [2.75, 3.05) is 50.6 Å². The van der Waals surface area contributed by atoms with Crippen LogP contribution in [0.1, 0.15) is 10.4 Å². The van der Waals surface area contributed by atoms with Gasteiger partial charge in [-0.15, -0.1) is 0 Å². The van der Waals surface area contributed by atoms with E-state index in [1.54, 1.807) is 31.4 Å². The molecule has 1 amide bonds. The number of anilines is 2. The fourth-order valence-corrected chi connectivity index (χ4v) is 3.06. The van der Waals surface area contributed by atoms with E-state index in [0.29, 0.717) is 16.3 Å². The van der Waals surface area contributed by atoms with Gasteiger partial charge in [0.25, 0.3) is 5.91 Å². The minimum atomic E-state index is -0.184. The van der Waals surface area contributed by atoms with Crippen LogP contribution in [0.4, 0.5) is 11.4 Å². The van der Waals surface area contributed by atoms with E-state index >= 15 is 0 Å². The molecule has 1 aliphatic rings. The summed E-state index contributed by atoms with van der Waals surface area (Å²) in [7, 11) is 3.70. The van der Waals surface area contributed by atoms with Crippen molar-refractivity contribution in [2.45, 2.75) is 0 Å². The van der Waals surface area contributed by atoms with Crippen LogP contribution in [0.15, 0.2) is 42.5 Å². The molecule has 5 nitrogen and oxygen atoms in total. The van der Waals surface area contributed by atoms with E-state index in [1.165, 1.54) is 0 Å². The average Bonchev–Trinajstić information content (AvgIpc) is 2.63. The van der Waals surface area contributed by atoms with E-state index < -0.39 is 0 Å². The summed E-state index contributed by atoms with van der Waals surface area (Å²) in [5, 5.41) is 3.59. The molecule has 0 radical (unpaired) electrons. The molecule has 0 aliphatic carbocycles. The molecule has 1 fully saturated rings. The fraction of sp³-hybridized carbons (Fsp3) is 0.316. The predicted molar refractivity (Wildman–Crippen MR) is 102 cm³/mol. The summed E-state index contributed by atoms with van der Waals surface area (Å²) in [6.07, 6.45) is 0. The average molecular weight is 360 g/mol. The molecule has 2 aromatic carbocycles. The van der Waals surface area contributed by atoms with Crippen molar-refractivity contribution >= 4 is 28.9 Å². The summed E-state index contributed by atoms with van der Waals surface area (Å²) < 4.78 is 5.19. The van der Waals surface area contributed by atoms with Crippen molar-refractivity contribution in [2.24, 2.45) is 0 Å². The monoisotopic (exact) mass is 359 g/mol.